The second-order valence-corrected chi connectivity index (χ2v) is 10.8. The van der Waals surface area contributed by atoms with Gasteiger partial charge in [-0.3, -0.25) is 9.52 Å². The summed E-state index contributed by atoms with van der Waals surface area (Å²) in [5, 5.41) is 9.52. The van der Waals surface area contributed by atoms with Crippen molar-refractivity contribution >= 4 is 49.2 Å². The molecule has 2 N–H and O–H groups in total. The van der Waals surface area contributed by atoms with E-state index in [-0.39, 0.29) is 27.5 Å². The van der Waals surface area contributed by atoms with Gasteiger partial charge in [-0.1, -0.05) is 26.8 Å². The molecule has 0 aliphatic carbocycles. The van der Waals surface area contributed by atoms with E-state index in [0.29, 0.717) is 23.1 Å². The molecule has 0 saturated carbocycles. The molecular formula is C21H23BrN2O5S. The van der Waals surface area contributed by atoms with E-state index in [1.165, 1.54) is 24.0 Å². The van der Waals surface area contributed by atoms with Gasteiger partial charge in [-0.25, -0.2) is 13.2 Å². The monoisotopic (exact) mass is 494 g/mol. The summed E-state index contributed by atoms with van der Waals surface area (Å²) in [6, 6.07) is 7.76. The summed E-state index contributed by atoms with van der Waals surface area (Å²) in [5.41, 5.74) is 1.76. The topological polar surface area (TPSA) is 104 Å². The van der Waals surface area contributed by atoms with Crippen LogP contribution in [0.3, 0.4) is 0 Å². The van der Waals surface area contributed by atoms with Crippen molar-refractivity contribution in [2.75, 3.05) is 16.2 Å². The van der Waals surface area contributed by atoms with Gasteiger partial charge in [0.2, 0.25) is 5.91 Å². The fraction of sp³-hybridized carbons (Fsp3) is 0.333. The van der Waals surface area contributed by atoms with Gasteiger partial charge < -0.3 is 10.0 Å². The maximum Gasteiger partial charge on any atom is 0.337 e. The Hall–Kier alpha value is -2.39. The maximum absolute atomic E-state index is 13.2. The number of carboxylic acids is 1. The number of anilines is 2. The molecular weight excluding hydrogens is 472 g/mol. The second-order valence-electron chi connectivity index (χ2n) is 8.25. The third-order valence-electron chi connectivity index (χ3n) is 5.06. The van der Waals surface area contributed by atoms with Gasteiger partial charge in [-0.2, -0.15) is 0 Å². The highest BCUT2D eigenvalue weighted by Crippen LogP contribution is 2.37. The summed E-state index contributed by atoms with van der Waals surface area (Å²) in [7, 11) is -4.13. The zero-order chi connectivity index (χ0) is 22.4. The van der Waals surface area contributed by atoms with Gasteiger partial charge in [0.1, 0.15) is 4.90 Å². The minimum Gasteiger partial charge on any atom is -0.478 e. The number of carbonyl (C=O) groups excluding carboxylic acids is 1. The summed E-state index contributed by atoms with van der Waals surface area (Å²) >= 11 is 3.31. The van der Waals surface area contributed by atoms with Crippen molar-refractivity contribution in [3.63, 3.8) is 0 Å². The average molecular weight is 495 g/mol. The Balaban J connectivity index is 2.09. The predicted molar refractivity (Wildman–Crippen MR) is 119 cm³/mol. The molecule has 0 spiro atoms. The molecule has 1 aliphatic heterocycles. The van der Waals surface area contributed by atoms with Crippen LogP contribution >= 0.6 is 15.9 Å². The third-order valence-corrected chi connectivity index (χ3v) is 7.38. The molecule has 0 aromatic heterocycles. The van der Waals surface area contributed by atoms with Crippen LogP contribution in [0.1, 0.15) is 49.2 Å². The molecule has 2 aromatic rings. The van der Waals surface area contributed by atoms with Gasteiger partial charge in [0.05, 0.1) is 11.3 Å². The average Bonchev–Trinajstić information content (AvgIpc) is 3.02. The van der Waals surface area contributed by atoms with Crippen molar-refractivity contribution in [1.29, 1.82) is 0 Å². The second kappa shape index (κ2) is 7.70. The van der Waals surface area contributed by atoms with Gasteiger partial charge in [0.15, 0.2) is 0 Å². The highest BCUT2D eigenvalue weighted by molar-refractivity contribution is 9.10. The van der Waals surface area contributed by atoms with Crippen molar-refractivity contribution in [2.45, 2.75) is 44.4 Å². The molecule has 0 saturated heterocycles. The quantitative estimate of drug-likeness (QED) is 0.663. The van der Waals surface area contributed by atoms with Crippen LogP contribution in [-0.2, 0) is 26.7 Å². The lowest BCUT2D eigenvalue weighted by Crippen LogP contribution is -2.26. The number of sulfonamides is 1. The summed E-state index contributed by atoms with van der Waals surface area (Å²) in [4.78, 5) is 25.0. The van der Waals surface area contributed by atoms with Gasteiger partial charge in [0.25, 0.3) is 10.0 Å². The number of amides is 1. The molecule has 1 aliphatic rings. The lowest BCUT2D eigenvalue weighted by atomic mass is 9.86. The standard InChI is InChI=1S/C21H23BrN2O5S/c1-12(25)24-8-7-13-9-16(22)19(11-18(13)24)30(28,29)23-17-10-14(21(2,3)4)5-6-15(17)20(26)27/h5-6,9-11,23H,7-8H2,1-4H3,(H,26,27). The van der Waals surface area contributed by atoms with E-state index in [1.807, 2.05) is 20.8 Å². The van der Waals surface area contributed by atoms with E-state index < -0.39 is 16.0 Å². The van der Waals surface area contributed by atoms with Crippen molar-refractivity contribution in [1.82, 2.24) is 0 Å². The number of hydrogen-bond donors (Lipinski definition) is 2. The zero-order valence-electron chi connectivity index (χ0n) is 17.1. The fourth-order valence-corrected chi connectivity index (χ4v) is 5.58. The van der Waals surface area contributed by atoms with Gasteiger partial charge in [-0.05, 0) is 63.2 Å². The fourth-order valence-electron chi connectivity index (χ4n) is 3.40. The molecule has 0 atom stereocenters. The van der Waals surface area contributed by atoms with Crippen molar-refractivity contribution < 1.29 is 23.1 Å². The number of carbonyl (C=O) groups is 2. The molecule has 30 heavy (non-hydrogen) atoms. The summed E-state index contributed by atoms with van der Waals surface area (Å²) < 4.78 is 29.2. The van der Waals surface area contributed by atoms with Crippen LogP contribution in [0, 0.1) is 0 Å². The van der Waals surface area contributed by atoms with E-state index >= 15 is 0 Å². The maximum atomic E-state index is 13.2. The molecule has 7 nitrogen and oxygen atoms in total. The molecule has 9 heteroatoms. The molecule has 0 radical (unpaired) electrons. The first kappa shape index (κ1) is 22.3. The molecule has 2 aromatic carbocycles. The van der Waals surface area contributed by atoms with Crippen molar-refractivity contribution in [2.24, 2.45) is 0 Å². The van der Waals surface area contributed by atoms with E-state index in [9.17, 15) is 23.1 Å². The van der Waals surface area contributed by atoms with Gasteiger partial charge >= 0.3 is 5.97 Å². The first-order valence-corrected chi connectivity index (χ1v) is 11.6. The number of nitrogens with one attached hydrogen (secondary N) is 1. The van der Waals surface area contributed by atoms with Crippen LogP contribution in [0.5, 0.6) is 0 Å². The molecule has 0 unspecified atom stereocenters. The van der Waals surface area contributed by atoms with Crippen LogP contribution in [0.2, 0.25) is 0 Å². The van der Waals surface area contributed by atoms with Crippen molar-refractivity contribution in [3.8, 4) is 0 Å². The SMILES string of the molecule is CC(=O)N1CCc2cc(Br)c(S(=O)(=O)Nc3cc(C(C)(C)C)ccc3C(=O)O)cc21. The first-order valence-electron chi connectivity index (χ1n) is 9.32. The molecule has 0 fully saturated rings. The summed E-state index contributed by atoms with van der Waals surface area (Å²) in [6.07, 6.45) is 0.637. The summed E-state index contributed by atoms with van der Waals surface area (Å²) in [5.74, 6) is -1.40. The Morgan fingerprint density at radius 1 is 1.17 bits per heavy atom. The number of hydrogen-bond acceptors (Lipinski definition) is 4. The lowest BCUT2D eigenvalue weighted by molar-refractivity contribution is -0.116. The van der Waals surface area contributed by atoms with Crippen LogP contribution < -0.4 is 9.62 Å². The highest BCUT2D eigenvalue weighted by Gasteiger charge is 2.29. The minimum absolute atomic E-state index is 0.00857. The van der Waals surface area contributed by atoms with E-state index in [4.69, 9.17) is 0 Å². The molecule has 160 valence electrons. The Morgan fingerprint density at radius 3 is 2.40 bits per heavy atom. The number of halogens is 1. The van der Waals surface area contributed by atoms with E-state index in [0.717, 1.165) is 11.1 Å². The van der Waals surface area contributed by atoms with Crippen LogP contribution in [0.25, 0.3) is 0 Å². The van der Waals surface area contributed by atoms with Crippen LogP contribution in [0.4, 0.5) is 11.4 Å². The number of benzene rings is 2. The Kier molecular flexibility index (Phi) is 5.72. The molecule has 1 amide bonds. The Bertz CT molecular complexity index is 1150. The van der Waals surface area contributed by atoms with Crippen molar-refractivity contribution in [3.05, 3.63) is 51.5 Å². The first-order chi connectivity index (χ1) is 13.8. The molecule has 1 heterocycles. The largest absolute Gasteiger partial charge is 0.478 e. The van der Waals surface area contributed by atoms with E-state index in [1.54, 1.807) is 18.2 Å². The molecule has 3 rings (SSSR count). The Labute approximate surface area is 184 Å². The summed E-state index contributed by atoms with van der Waals surface area (Å²) in [6.45, 7) is 7.78. The highest BCUT2D eigenvalue weighted by atomic mass is 79.9. The number of rotatable bonds is 4. The van der Waals surface area contributed by atoms with Gasteiger partial charge in [0, 0.05) is 23.6 Å². The number of fused-ring (bicyclic) bond motifs is 1. The molecule has 0 bridgehead atoms. The number of nitrogens with zero attached hydrogens (tertiary/aromatic N) is 1. The third kappa shape index (κ3) is 4.22. The van der Waals surface area contributed by atoms with Gasteiger partial charge in [-0.15, -0.1) is 0 Å². The number of carboxylic acid groups (broad SMARTS) is 1. The van der Waals surface area contributed by atoms with Crippen LogP contribution in [0.15, 0.2) is 39.7 Å². The minimum atomic E-state index is -4.13. The lowest BCUT2D eigenvalue weighted by Gasteiger charge is -2.21. The Morgan fingerprint density at radius 2 is 1.83 bits per heavy atom. The number of aromatic carboxylic acids is 1. The smallest absolute Gasteiger partial charge is 0.337 e. The van der Waals surface area contributed by atoms with E-state index in [2.05, 4.69) is 20.7 Å². The predicted octanol–water partition coefficient (Wildman–Crippen LogP) is 4.15. The zero-order valence-corrected chi connectivity index (χ0v) is 19.5. The van der Waals surface area contributed by atoms with Crippen LogP contribution in [-0.4, -0.2) is 31.9 Å². The normalized spacial score (nSPS) is 13.8.